The van der Waals surface area contributed by atoms with Crippen molar-refractivity contribution in [2.45, 2.75) is 18.4 Å². The molecule has 0 atom stereocenters. The molecule has 0 saturated heterocycles. The number of amides is 1. The summed E-state index contributed by atoms with van der Waals surface area (Å²) in [4.78, 5) is 13.9. The Balaban J connectivity index is 1.38. The average molecular weight is 406 g/mol. The van der Waals surface area contributed by atoms with Crippen LogP contribution in [0.5, 0.6) is 11.5 Å². The smallest absolute Gasteiger partial charge is 0.270 e. The second-order valence-electron chi connectivity index (χ2n) is 6.98. The molecule has 2 aromatic carbocycles. The van der Waals surface area contributed by atoms with Crippen molar-refractivity contribution in [1.82, 2.24) is 15.1 Å². The van der Waals surface area contributed by atoms with E-state index >= 15 is 0 Å². The first-order chi connectivity index (χ1) is 14.0. The molecule has 2 aromatic rings. The highest BCUT2D eigenvalue weighted by Gasteiger charge is 2.21. The molecule has 5 nitrogen and oxygen atoms in total. The Hall–Kier alpha value is -3.12. The van der Waals surface area contributed by atoms with E-state index in [0.717, 1.165) is 33.9 Å². The molecule has 1 amide bonds. The summed E-state index contributed by atoms with van der Waals surface area (Å²) in [6.07, 6.45) is 2.05. The van der Waals surface area contributed by atoms with E-state index in [0.29, 0.717) is 12.2 Å². The van der Waals surface area contributed by atoms with Crippen molar-refractivity contribution in [2.75, 3.05) is 6.26 Å². The third-order valence-electron chi connectivity index (χ3n) is 4.80. The van der Waals surface area contributed by atoms with Crippen LogP contribution in [0.3, 0.4) is 0 Å². The molecule has 29 heavy (non-hydrogen) atoms. The molecule has 0 spiro atoms. The summed E-state index contributed by atoms with van der Waals surface area (Å²) in [5.74, 6) is 1.47. The van der Waals surface area contributed by atoms with Crippen LogP contribution in [-0.4, -0.2) is 21.9 Å². The SMILES string of the molecule is CSc1ccc(Oc2ccc(CNC(=O)c3c4cc(C)cc-4[nH]n3C)cc2)cc1. The number of aryl methyl sites for hydroxylation is 2. The highest BCUT2D eigenvalue weighted by Crippen LogP contribution is 2.28. The molecule has 1 aliphatic heterocycles. The van der Waals surface area contributed by atoms with E-state index < -0.39 is 0 Å². The zero-order valence-corrected chi connectivity index (χ0v) is 17.5. The first-order valence-electron chi connectivity index (χ1n) is 9.37. The van der Waals surface area contributed by atoms with Crippen LogP contribution in [0, 0.1) is 6.92 Å². The van der Waals surface area contributed by atoms with Crippen molar-refractivity contribution >= 4 is 17.7 Å². The van der Waals surface area contributed by atoms with Crippen molar-refractivity contribution in [3.8, 4) is 22.8 Å². The summed E-state index contributed by atoms with van der Waals surface area (Å²) in [5.41, 5.74) is 4.71. The van der Waals surface area contributed by atoms with Crippen molar-refractivity contribution in [3.63, 3.8) is 0 Å². The average Bonchev–Trinajstić information content (AvgIpc) is 3.21. The lowest BCUT2D eigenvalue weighted by Crippen LogP contribution is -2.25. The van der Waals surface area contributed by atoms with Gasteiger partial charge in [-0.2, -0.15) is 0 Å². The molecular formula is C23H23N3O2S. The van der Waals surface area contributed by atoms with Crippen LogP contribution in [0.4, 0.5) is 0 Å². The van der Waals surface area contributed by atoms with Crippen LogP contribution < -0.4 is 10.1 Å². The van der Waals surface area contributed by atoms with Gasteiger partial charge in [0, 0.05) is 24.1 Å². The van der Waals surface area contributed by atoms with E-state index in [1.54, 1.807) is 16.4 Å². The zero-order chi connectivity index (χ0) is 20.4. The standard InChI is InChI=1S/C23H23N3O2S/c1-15-12-20-21(13-15)25-26(2)22(20)23(27)24-14-16-4-6-17(7-5-16)28-18-8-10-19(29-3)11-9-18/h4-13,25H,14H2,1-3H3,(H,24,27). The molecular weight excluding hydrogens is 382 g/mol. The zero-order valence-electron chi connectivity index (χ0n) is 16.7. The maximum absolute atomic E-state index is 12.7. The number of hydrogen-bond donors (Lipinski definition) is 2. The van der Waals surface area contributed by atoms with Gasteiger partial charge in [0.1, 0.15) is 17.2 Å². The van der Waals surface area contributed by atoms with E-state index in [2.05, 4.69) is 10.4 Å². The number of benzene rings is 2. The van der Waals surface area contributed by atoms with Gasteiger partial charge in [-0.05, 0) is 72.8 Å². The lowest BCUT2D eigenvalue weighted by Gasteiger charge is -2.09. The lowest BCUT2D eigenvalue weighted by molar-refractivity contribution is 0.0942. The van der Waals surface area contributed by atoms with Gasteiger partial charge in [0.25, 0.3) is 5.91 Å². The minimum atomic E-state index is -0.0986. The molecule has 0 saturated carbocycles. The summed E-state index contributed by atoms with van der Waals surface area (Å²) < 4.78 is 7.64. The first-order valence-corrected chi connectivity index (χ1v) is 10.6. The molecule has 4 rings (SSSR count). The molecule has 0 bridgehead atoms. The topological polar surface area (TPSA) is 59.0 Å². The summed E-state index contributed by atoms with van der Waals surface area (Å²) in [5, 5.41) is 6.21. The van der Waals surface area contributed by atoms with Gasteiger partial charge < -0.3 is 10.1 Å². The van der Waals surface area contributed by atoms with Gasteiger partial charge >= 0.3 is 0 Å². The fourth-order valence-corrected chi connectivity index (χ4v) is 3.76. The third kappa shape index (κ3) is 4.17. The Morgan fingerprint density at radius 3 is 2.38 bits per heavy atom. The Bertz CT molecular complexity index is 1090. The molecule has 0 aromatic heterocycles. The third-order valence-corrected chi connectivity index (χ3v) is 5.54. The number of aromatic amines is 1. The second-order valence-corrected chi connectivity index (χ2v) is 7.86. The van der Waals surface area contributed by atoms with Gasteiger partial charge in [0.15, 0.2) is 0 Å². The second kappa shape index (κ2) is 8.09. The molecule has 2 aliphatic rings. The van der Waals surface area contributed by atoms with Gasteiger partial charge in [-0.15, -0.1) is 11.8 Å². The Labute approximate surface area is 174 Å². The highest BCUT2D eigenvalue weighted by molar-refractivity contribution is 7.98. The summed E-state index contributed by atoms with van der Waals surface area (Å²) >= 11 is 1.70. The van der Waals surface area contributed by atoms with Crippen molar-refractivity contribution in [2.24, 2.45) is 7.05 Å². The predicted octanol–water partition coefficient (Wildman–Crippen LogP) is 5.21. The van der Waals surface area contributed by atoms with E-state index in [9.17, 15) is 4.79 Å². The van der Waals surface area contributed by atoms with Crippen LogP contribution in [0.2, 0.25) is 0 Å². The van der Waals surface area contributed by atoms with Gasteiger partial charge in [-0.3, -0.25) is 14.6 Å². The highest BCUT2D eigenvalue weighted by atomic mass is 32.2. The summed E-state index contributed by atoms with van der Waals surface area (Å²) in [6.45, 7) is 2.48. The van der Waals surface area contributed by atoms with Crippen LogP contribution >= 0.6 is 11.8 Å². The summed E-state index contributed by atoms with van der Waals surface area (Å²) in [6, 6.07) is 19.8. The Morgan fingerprint density at radius 1 is 1.07 bits per heavy atom. The minimum absolute atomic E-state index is 0.0986. The number of carbonyl (C=O) groups is 1. The van der Waals surface area contributed by atoms with Gasteiger partial charge in [0.2, 0.25) is 0 Å². The van der Waals surface area contributed by atoms with Crippen LogP contribution in [0.25, 0.3) is 11.3 Å². The first kappa shape index (κ1) is 19.2. The number of fused-ring (bicyclic) bond motifs is 1. The fraction of sp³-hybridized carbons (Fsp3) is 0.174. The number of nitrogens with zero attached hydrogens (tertiary/aromatic N) is 1. The number of nitrogens with one attached hydrogen (secondary N) is 2. The summed E-state index contributed by atoms with van der Waals surface area (Å²) in [7, 11) is 1.85. The minimum Gasteiger partial charge on any atom is -0.457 e. The van der Waals surface area contributed by atoms with Gasteiger partial charge in [-0.1, -0.05) is 12.1 Å². The monoisotopic (exact) mass is 405 g/mol. The lowest BCUT2D eigenvalue weighted by atomic mass is 10.2. The number of H-pyrrole nitrogens is 1. The molecule has 0 radical (unpaired) electrons. The van der Waals surface area contributed by atoms with Crippen LogP contribution in [0.15, 0.2) is 65.6 Å². The van der Waals surface area contributed by atoms with E-state index in [-0.39, 0.29) is 5.91 Å². The molecule has 148 valence electrons. The Morgan fingerprint density at radius 2 is 1.72 bits per heavy atom. The van der Waals surface area contributed by atoms with Crippen molar-refractivity contribution in [3.05, 3.63) is 77.5 Å². The molecule has 2 N–H and O–H groups in total. The maximum atomic E-state index is 12.7. The molecule has 6 heteroatoms. The van der Waals surface area contributed by atoms with E-state index in [4.69, 9.17) is 4.74 Å². The number of carbonyl (C=O) groups excluding carboxylic acids is 1. The number of rotatable bonds is 6. The normalized spacial score (nSPS) is 11.0. The molecule has 1 aliphatic carbocycles. The van der Waals surface area contributed by atoms with Crippen molar-refractivity contribution < 1.29 is 9.53 Å². The Kier molecular flexibility index (Phi) is 5.36. The van der Waals surface area contributed by atoms with Gasteiger partial charge in [-0.25, -0.2) is 0 Å². The molecule has 1 heterocycles. The number of hydrogen-bond acceptors (Lipinski definition) is 3. The largest absolute Gasteiger partial charge is 0.457 e. The number of thioether (sulfide) groups is 1. The van der Waals surface area contributed by atoms with Crippen molar-refractivity contribution in [1.29, 1.82) is 0 Å². The van der Waals surface area contributed by atoms with Crippen LogP contribution in [0.1, 0.15) is 21.6 Å². The molecule has 0 fully saturated rings. The number of aromatic nitrogens is 2. The quantitative estimate of drug-likeness (QED) is 0.433. The number of ether oxygens (including phenoxy) is 1. The van der Waals surface area contributed by atoms with Crippen LogP contribution in [-0.2, 0) is 13.6 Å². The maximum Gasteiger partial charge on any atom is 0.270 e. The van der Waals surface area contributed by atoms with E-state index in [1.807, 2.05) is 80.9 Å². The van der Waals surface area contributed by atoms with E-state index in [1.165, 1.54) is 4.90 Å². The molecule has 0 unspecified atom stereocenters. The fourth-order valence-electron chi connectivity index (χ4n) is 3.35. The predicted molar refractivity (Wildman–Crippen MR) is 117 cm³/mol. The van der Waals surface area contributed by atoms with Gasteiger partial charge in [0.05, 0.1) is 5.69 Å².